The van der Waals surface area contributed by atoms with E-state index in [0.717, 1.165) is 12.8 Å². The molecule has 178 valence electrons. The van der Waals surface area contributed by atoms with Gasteiger partial charge < -0.3 is 24.6 Å². The zero-order valence-corrected chi connectivity index (χ0v) is 19.8. The number of para-hydroxylation sites is 1. The van der Waals surface area contributed by atoms with Crippen LogP contribution in [0.3, 0.4) is 0 Å². The summed E-state index contributed by atoms with van der Waals surface area (Å²) in [7, 11) is 1.58. The fourth-order valence-electron chi connectivity index (χ4n) is 3.60. The van der Waals surface area contributed by atoms with Crippen molar-refractivity contribution in [1.29, 1.82) is 0 Å². The minimum Gasteiger partial charge on any atom is -0.466 e. The van der Waals surface area contributed by atoms with E-state index in [9.17, 15) is 14.4 Å². The molecule has 9 nitrogen and oxygen atoms in total. The van der Waals surface area contributed by atoms with Crippen molar-refractivity contribution in [2.45, 2.75) is 26.3 Å². The fourth-order valence-corrected chi connectivity index (χ4v) is 4.38. The van der Waals surface area contributed by atoms with Crippen LogP contribution in [0.5, 0.6) is 0 Å². The van der Waals surface area contributed by atoms with Crippen molar-refractivity contribution in [3.8, 4) is 0 Å². The summed E-state index contributed by atoms with van der Waals surface area (Å²) in [6.45, 7) is 4.04. The van der Waals surface area contributed by atoms with Gasteiger partial charge in [-0.3, -0.25) is 9.59 Å². The molecule has 1 aliphatic rings. The van der Waals surface area contributed by atoms with E-state index in [1.165, 1.54) is 11.3 Å². The van der Waals surface area contributed by atoms with Gasteiger partial charge in [-0.15, -0.1) is 11.3 Å². The van der Waals surface area contributed by atoms with Crippen LogP contribution in [0.1, 0.15) is 35.3 Å². The summed E-state index contributed by atoms with van der Waals surface area (Å²) in [6.07, 6.45) is 1.46. The minimum atomic E-state index is -0.299. The third-order valence-electron chi connectivity index (χ3n) is 5.30. The number of carbonyl (C=O) groups excluding carboxylic acids is 3. The molecule has 0 bridgehead atoms. The monoisotopic (exact) mass is 474 g/mol. The minimum absolute atomic E-state index is 0.205. The Labute approximate surface area is 197 Å². The molecule has 1 aromatic heterocycles. The summed E-state index contributed by atoms with van der Waals surface area (Å²) in [4.78, 5) is 45.6. The van der Waals surface area contributed by atoms with Gasteiger partial charge in [-0.2, -0.15) is 0 Å². The highest BCUT2D eigenvalue weighted by atomic mass is 32.1. The van der Waals surface area contributed by atoms with Crippen molar-refractivity contribution < 1.29 is 23.9 Å². The van der Waals surface area contributed by atoms with Crippen molar-refractivity contribution in [2.24, 2.45) is 5.92 Å². The highest BCUT2D eigenvalue weighted by molar-refractivity contribution is 7.09. The number of anilines is 1. The highest BCUT2D eigenvalue weighted by Gasteiger charge is 2.30. The van der Waals surface area contributed by atoms with Gasteiger partial charge in [0.05, 0.1) is 25.7 Å². The molecule has 1 unspecified atom stereocenters. The Morgan fingerprint density at radius 1 is 1.27 bits per heavy atom. The Balaban J connectivity index is 1.63. The Hall–Kier alpha value is -2.98. The van der Waals surface area contributed by atoms with Crippen LogP contribution in [0.25, 0.3) is 0 Å². The molecule has 2 heterocycles. The van der Waals surface area contributed by atoms with Crippen LogP contribution < -0.4 is 5.32 Å². The first-order chi connectivity index (χ1) is 16.0. The SMILES string of the molecule is CCOC(=O)C1CCCN(C(=O)c2csc(CN(CCOC)C(=O)Nc3ccccc3)n2)C1. The van der Waals surface area contributed by atoms with Crippen LogP contribution in [0.2, 0.25) is 0 Å². The largest absolute Gasteiger partial charge is 0.466 e. The molecule has 3 rings (SSSR count). The quantitative estimate of drug-likeness (QED) is 0.560. The first-order valence-corrected chi connectivity index (χ1v) is 11.9. The van der Waals surface area contributed by atoms with E-state index < -0.39 is 0 Å². The summed E-state index contributed by atoms with van der Waals surface area (Å²) in [6, 6.07) is 8.93. The van der Waals surface area contributed by atoms with Crippen LogP contribution in [-0.2, 0) is 20.8 Å². The van der Waals surface area contributed by atoms with Crippen LogP contribution in [-0.4, -0.2) is 72.6 Å². The van der Waals surface area contributed by atoms with Crippen molar-refractivity contribution in [3.05, 3.63) is 46.4 Å². The van der Waals surface area contributed by atoms with Gasteiger partial charge in [-0.25, -0.2) is 9.78 Å². The molecule has 1 atom stereocenters. The van der Waals surface area contributed by atoms with Gasteiger partial charge >= 0.3 is 12.0 Å². The van der Waals surface area contributed by atoms with E-state index in [2.05, 4.69) is 10.3 Å². The molecule has 0 aliphatic carbocycles. The zero-order chi connectivity index (χ0) is 23.6. The van der Waals surface area contributed by atoms with E-state index >= 15 is 0 Å². The van der Waals surface area contributed by atoms with Crippen LogP contribution in [0.15, 0.2) is 35.7 Å². The average molecular weight is 475 g/mol. The molecule has 1 aromatic carbocycles. The normalized spacial score (nSPS) is 15.7. The average Bonchev–Trinajstić information content (AvgIpc) is 3.30. The molecule has 0 saturated carbocycles. The number of hydrogen-bond donors (Lipinski definition) is 1. The highest BCUT2D eigenvalue weighted by Crippen LogP contribution is 2.21. The molecule has 1 saturated heterocycles. The standard InChI is InChI=1S/C23H30N4O5S/c1-3-32-22(29)17-8-7-11-26(14-17)21(28)19-16-33-20(25-19)15-27(12-13-31-2)23(30)24-18-9-5-4-6-10-18/h4-6,9-10,16-17H,3,7-8,11-15H2,1-2H3,(H,24,30). The van der Waals surface area contributed by atoms with Crippen molar-refractivity contribution in [1.82, 2.24) is 14.8 Å². The molecular weight excluding hydrogens is 444 g/mol. The maximum absolute atomic E-state index is 13.0. The zero-order valence-electron chi connectivity index (χ0n) is 19.0. The second-order valence-corrected chi connectivity index (χ2v) is 8.62. The lowest BCUT2D eigenvalue weighted by Gasteiger charge is -2.31. The molecule has 0 spiro atoms. The first kappa shape index (κ1) is 24.7. The summed E-state index contributed by atoms with van der Waals surface area (Å²) in [5, 5.41) is 5.22. The summed E-state index contributed by atoms with van der Waals surface area (Å²) < 4.78 is 10.3. The number of ether oxygens (including phenoxy) is 2. The van der Waals surface area contributed by atoms with Gasteiger partial charge in [0.25, 0.3) is 5.91 Å². The van der Waals surface area contributed by atoms with Gasteiger partial charge in [0, 0.05) is 37.8 Å². The molecule has 3 amide bonds. The molecule has 33 heavy (non-hydrogen) atoms. The molecular formula is C23H30N4O5S. The van der Waals surface area contributed by atoms with Gasteiger partial charge in [0.1, 0.15) is 10.7 Å². The van der Waals surface area contributed by atoms with Crippen molar-refractivity contribution in [2.75, 3.05) is 45.3 Å². The number of likely N-dealkylation sites (tertiary alicyclic amines) is 1. The maximum Gasteiger partial charge on any atom is 0.322 e. The van der Waals surface area contributed by atoms with Crippen molar-refractivity contribution in [3.63, 3.8) is 0 Å². The smallest absolute Gasteiger partial charge is 0.322 e. The number of carbonyl (C=O) groups is 3. The number of rotatable bonds is 9. The Bertz CT molecular complexity index is 936. The molecule has 0 radical (unpaired) electrons. The van der Waals surface area contributed by atoms with Gasteiger partial charge in [0.2, 0.25) is 0 Å². The van der Waals surface area contributed by atoms with E-state index in [4.69, 9.17) is 9.47 Å². The summed E-state index contributed by atoms with van der Waals surface area (Å²) >= 11 is 1.33. The fraction of sp³-hybridized carbons (Fsp3) is 0.478. The van der Waals surface area contributed by atoms with E-state index in [0.29, 0.717) is 49.2 Å². The maximum atomic E-state index is 13.0. The molecule has 1 aliphatic heterocycles. The molecule has 1 N–H and O–H groups in total. The second kappa shape index (κ2) is 12.3. The Morgan fingerprint density at radius 3 is 2.79 bits per heavy atom. The van der Waals surface area contributed by atoms with Gasteiger partial charge in [0.15, 0.2) is 0 Å². The lowest BCUT2D eigenvalue weighted by Crippen LogP contribution is -2.43. The predicted molar refractivity (Wildman–Crippen MR) is 125 cm³/mol. The molecule has 1 fully saturated rings. The number of piperidine rings is 1. The Kier molecular flexibility index (Phi) is 9.20. The number of thiazole rings is 1. The number of urea groups is 1. The van der Waals surface area contributed by atoms with Crippen LogP contribution in [0.4, 0.5) is 10.5 Å². The molecule has 10 heteroatoms. The number of hydrogen-bond acceptors (Lipinski definition) is 7. The number of nitrogens with zero attached hydrogens (tertiary/aromatic N) is 3. The van der Waals surface area contributed by atoms with E-state index in [-0.39, 0.29) is 30.4 Å². The number of aromatic nitrogens is 1. The molecule has 2 aromatic rings. The topological polar surface area (TPSA) is 101 Å². The van der Waals surface area contributed by atoms with Gasteiger partial charge in [-0.1, -0.05) is 18.2 Å². The number of benzene rings is 1. The summed E-state index contributed by atoms with van der Waals surface area (Å²) in [5.41, 5.74) is 1.02. The van der Waals surface area contributed by atoms with E-state index in [1.54, 1.807) is 29.2 Å². The lowest BCUT2D eigenvalue weighted by atomic mass is 9.98. The van der Waals surface area contributed by atoms with Gasteiger partial charge in [-0.05, 0) is 31.9 Å². The third kappa shape index (κ3) is 7.00. The van der Waals surface area contributed by atoms with Crippen LogP contribution in [0, 0.1) is 5.92 Å². The predicted octanol–water partition coefficient (Wildman–Crippen LogP) is 3.24. The Morgan fingerprint density at radius 2 is 2.06 bits per heavy atom. The second-order valence-electron chi connectivity index (χ2n) is 7.68. The number of amides is 3. The number of esters is 1. The summed E-state index contributed by atoms with van der Waals surface area (Å²) in [5.74, 6) is -0.761. The third-order valence-corrected chi connectivity index (χ3v) is 6.14. The first-order valence-electron chi connectivity index (χ1n) is 11.0. The van der Waals surface area contributed by atoms with Crippen molar-refractivity contribution >= 4 is 34.9 Å². The lowest BCUT2D eigenvalue weighted by molar-refractivity contribution is -0.149. The number of methoxy groups -OCH3 is 1. The number of nitrogens with one attached hydrogen (secondary N) is 1. The van der Waals surface area contributed by atoms with E-state index in [1.807, 2.05) is 30.3 Å². The van der Waals surface area contributed by atoms with Crippen LogP contribution >= 0.6 is 11.3 Å².